The molecule has 1 aromatic heterocycles. The van der Waals surface area contributed by atoms with Crippen molar-refractivity contribution in [2.45, 2.75) is 26.2 Å². The van der Waals surface area contributed by atoms with E-state index in [4.69, 9.17) is 5.11 Å². The van der Waals surface area contributed by atoms with E-state index in [0.29, 0.717) is 11.6 Å². The number of aromatic nitrogens is 2. The fraction of sp³-hybridized carbons (Fsp3) is 0.267. The van der Waals surface area contributed by atoms with Gasteiger partial charge in [0.1, 0.15) is 0 Å². The van der Waals surface area contributed by atoms with Gasteiger partial charge in [-0.15, -0.1) is 0 Å². The smallest absolute Gasteiger partial charge is 0.354 e. The third kappa shape index (κ3) is 2.47. The topological polar surface area (TPSA) is 75.1 Å². The second kappa shape index (κ2) is 4.92. The summed E-state index contributed by atoms with van der Waals surface area (Å²) in [4.78, 5) is 19.2. The van der Waals surface area contributed by atoms with Gasteiger partial charge in [-0.25, -0.2) is 14.8 Å². The van der Waals surface area contributed by atoms with Crippen LogP contribution in [0.1, 0.15) is 33.7 Å². The molecule has 0 spiro atoms. The van der Waals surface area contributed by atoms with Gasteiger partial charge in [-0.3, -0.25) is 0 Å². The van der Waals surface area contributed by atoms with Gasteiger partial charge in [0.15, 0.2) is 5.69 Å². The average molecular weight is 269 g/mol. The lowest BCUT2D eigenvalue weighted by molar-refractivity contribution is 0.0690. The van der Waals surface area contributed by atoms with Crippen LogP contribution in [0.5, 0.6) is 0 Å². The van der Waals surface area contributed by atoms with Crippen molar-refractivity contribution in [3.8, 4) is 0 Å². The zero-order chi connectivity index (χ0) is 14.1. The van der Waals surface area contributed by atoms with Crippen LogP contribution in [-0.2, 0) is 12.8 Å². The lowest BCUT2D eigenvalue weighted by atomic mass is 10.1. The van der Waals surface area contributed by atoms with E-state index in [1.54, 1.807) is 6.92 Å². The Morgan fingerprint density at radius 2 is 2.00 bits per heavy atom. The number of anilines is 2. The van der Waals surface area contributed by atoms with Gasteiger partial charge >= 0.3 is 5.97 Å². The van der Waals surface area contributed by atoms with Crippen LogP contribution >= 0.6 is 0 Å². The minimum Gasteiger partial charge on any atom is -0.477 e. The molecule has 2 N–H and O–H groups in total. The van der Waals surface area contributed by atoms with Crippen molar-refractivity contribution < 1.29 is 9.90 Å². The largest absolute Gasteiger partial charge is 0.477 e. The first kappa shape index (κ1) is 12.6. The predicted octanol–water partition coefficient (Wildman–Crippen LogP) is 2.72. The molecule has 20 heavy (non-hydrogen) atoms. The first-order valence-electron chi connectivity index (χ1n) is 6.59. The second-order valence-corrected chi connectivity index (χ2v) is 4.99. The molecule has 3 rings (SSSR count). The molecule has 0 atom stereocenters. The molecule has 0 unspecified atom stereocenters. The number of benzene rings is 1. The maximum absolute atomic E-state index is 11.0. The zero-order valence-corrected chi connectivity index (χ0v) is 11.2. The molecule has 0 bridgehead atoms. The summed E-state index contributed by atoms with van der Waals surface area (Å²) in [6.45, 7) is 1.75. The standard InChI is InChI=1S/C15H15N3O2/c1-9-7-13(14(19)20)18-15(16-9)17-12-6-5-10-3-2-4-11(10)8-12/h5-8H,2-4H2,1H3,(H,19,20)(H,16,17,18). The predicted molar refractivity (Wildman–Crippen MR) is 75.5 cm³/mol. The highest BCUT2D eigenvalue weighted by atomic mass is 16.4. The Morgan fingerprint density at radius 3 is 2.80 bits per heavy atom. The van der Waals surface area contributed by atoms with Crippen molar-refractivity contribution in [3.63, 3.8) is 0 Å². The third-order valence-corrected chi connectivity index (χ3v) is 3.43. The van der Waals surface area contributed by atoms with E-state index in [-0.39, 0.29) is 5.69 Å². The first-order valence-corrected chi connectivity index (χ1v) is 6.59. The van der Waals surface area contributed by atoms with Gasteiger partial charge in [-0.05, 0) is 55.5 Å². The monoisotopic (exact) mass is 269 g/mol. The quantitative estimate of drug-likeness (QED) is 0.896. The van der Waals surface area contributed by atoms with Crippen molar-refractivity contribution >= 4 is 17.6 Å². The Balaban J connectivity index is 1.89. The molecular formula is C15H15N3O2. The van der Waals surface area contributed by atoms with Crippen LogP contribution in [0.25, 0.3) is 0 Å². The van der Waals surface area contributed by atoms with Crippen LogP contribution in [0.15, 0.2) is 24.3 Å². The fourth-order valence-electron chi connectivity index (χ4n) is 2.51. The molecule has 0 radical (unpaired) electrons. The Kier molecular flexibility index (Phi) is 3.10. The van der Waals surface area contributed by atoms with Crippen molar-refractivity contribution in [3.05, 3.63) is 46.8 Å². The van der Waals surface area contributed by atoms with Crippen LogP contribution in [-0.4, -0.2) is 21.0 Å². The number of carboxylic acid groups (broad SMARTS) is 1. The minimum atomic E-state index is -1.05. The van der Waals surface area contributed by atoms with Crippen molar-refractivity contribution in [2.75, 3.05) is 5.32 Å². The number of aryl methyl sites for hydroxylation is 3. The zero-order valence-electron chi connectivity index (χ0n) is 11.2. The molecule has 1 heterocycles. The molecule has 1 aliphatic rings. The number of aromatic carboxylic acids is 1. The number of carboxylic acids is 1. The Bertz CT molecular complexity index is 683. The summed E-state index contributed by atoms with van der Waals surface area (Å²) in [6, 6.07) is 7.64. The SMILES string of the molecule is Cc1cc(C(=O)O)nc(Nc2ccc3c(c2)CCC3)n1. The van der Waals surface area contributed by atoms with E-state index < -0.39 is 5.97 Å². The summed E-state index contributed by atoms with van der Waals surface area (Å²) < 4.78 is 0. The van der Waals surface area contributed by atoms with E-state index in [2.05, 4.69) is 27.4 Å². The summed E-state index contributed by atoms with van der Waals surface area (Å²) in [6.07, 6.45) is 3.43. The van der Waals surface area contributed by atoms with E-state index in [0.717, 1.165) is 18.5 Å². The fourth-order valence-corrected chi connectivity index (χ4v) is 2.51. The molecule has 5 nitrogen and oxygen atoms in total. The van der Waals surface area contributed by atoms with Crippen LogP contribution in [0.3, 0.4) is 0 Å². The van der Waals surface area contributed by atoms with Gasteiger partial charge in [-0.1, -0.05) is 6.07 Å². The van der Waals surface area contributed by atoms with Crippen LogP contribution in [0, 0.1) is 6.92 Å². The van der Waals surface area contributed by atoms with Gasteiger partial charge in [0.05, 0.1) is 0 Å². The Hall–Kier alpha value is -2.43. The summed E-state index contributed by atoms with van der Waals surface area (Å²) in [5.41, 5.74) is 4.27. The van der Waals surface area contributed by atoms with Crippen LogP contribution in [0.2, 0.25) is 0 Å². The third-order valence-electron chi connectivity index (χ3n) is 3.43. The van der Waals surface area contributed by atoms with E-state index in [9.17, 15) is 4.79 Å². The number of hydrogen-bond acceptors (Lipinski definition) is 4. The normalized spacial score (nSPS) is 13.1. The molecule has 0 saturated carbocycles. The van der Waals surface area contributed by atoms with E-state index in [1.807, 2.05) is 6.07 Å². The number of hydrogen-bond donors (Lipinski definition) is 2. The Labute approximate surface area is 116 Å². The molecule has 0 aliphatic heterocycles. The maximum atomic E-state index is 11.0. The number of fused-ring (bicyclic) bond motifs is 1. The maximum Gasteiger partial charge on any atom is 0.354 e. The number of rotatable bonds is 3. The van der Waals surface area contributed by atoms with Crippen molar-refractivity contribution in [1.82, 2.24) is 9.97 Å². The first-order chi connectivity index (χ1) is 9.61. The molecule has 2 aromatic rings. The lowest BCUT2D eigenvalue weighted by Crippen LogP contribution is -2.06. The molecule has 1 aromatic carbocycles. The average Bonchev–Trinajstić information content (AvgIpc) is 2.85. The van der Waals surface area contributed by atoms with Gasteiger partial charge < -0.3 is 10.4 Å². The van der Waals surface area contributed by atoms with E-state index in [1.165, 1.54) is 23.6 Å². The molecule has 5 heteroatoms. The number of carbonyl (C=O) groups is 1. The minimum absolute atomic E-state index is 0.00107. The lowest BCUT2D eigenvalue weighted by Gasteiger charge is -2.08. The second-order valence-electron chi connectivity index (χ2n) is 4.99. The molecule has 102 valence electrons. The molecule has 0 fully saturated rings. The Morgan fingerprint density at radius 1 is 1.20 bits per heavy atom. The molecule has 0 saturated heterocycles. The van der Waals surface area contributed by atoms with Crippen LogP contribution in [0.4, 0.5) is 11.6 Å². The van der Waals surface area contributed by atoms with Gasteiger partial charge in [0.25, 0.3) is 0 Å². The number of nitrogens with one attached hydrogen (secondary N) is 1. The molecule has 0 amide bonds. The van der Waals surface area contributed by atoms with Crippen molar-refractivity contribution in [1.29, 1.82) is 0 Å². The summed E-state index contributed by atoms with van der Waals surface area (Å²) >= 11 is 0. The van der Waals surface area contributed by atoms with E-state index >= 15 is 0 Å². The summed E-state index contributed by atoms with van der Waals surface area (Å²) in [5.74, 6) is -0.729. The molecule has 1 aliphatic carbocycles. The molecular weight excluding hydrogens is 254 g/mol. The van der Waals surface area contributed by atoms with Crippen LogP contribution < -0.4 is 5.32 Å². The van der Waals surface area contributed by atoms with Gasteiger partial charge in [-0.2, -0.15) is 0 Å². The van der Waals surface area contributed by atoms with Crippen molar-refractivity contribution in [2.24, 2.45) is 0 Å². The highest BCUT2D eigenvalue weighted by Gasteiger charge is 2.12. The van der Waals surface area contributed by atoms with Gasteiger partial charge in [0, 0.05) is 11.4 Å². The van der Waals surface area contributed by atoms with Gasteiger partial charge in [0.2, 0.25) is 5.95 Å². The number of nitrogens with zero attached hydrogens (tertiary/aromatic N) is 2. The highest BCUT2D eigenvalue weighted by molar-refractivity contribution is 5.85. The highest BCUT2D eigenvalue weighted by Crippen LogP contribution is 2.26. The summed E-state index contributed by atoms with van der Waals surface area (Å²) in [7, 11) is 0. The summed E-state index contributed by atoms with van der Waals surface area (Å²) in [5, 5.41) is 12.1.